The monoisotopic (exact) mass is 388 g/mol. The molecule has 0 aliphatic carbocycles. The third kappa shape index (κ3) is 4.51. The van der Waals surface area contributed by atoms with E-state index in [1.165, 1.54) is 24.0 Å². The molecule has 0 saturated heterocycles. The van der Waals surface area contributed by atoms with E-state index in [1.54, 1.807) is 0 Å². The Balaban J connectivity index is 2.07. The Morgan fingerprint density at radius 1 is 1.04 bits per heavy atom. The molecule has 0 aliphatic heterocycles. The van der Waals surface area contributed by atoms with Crippen LogP contribution in [-0.4, -0.2) is 18.4 Å². The second kappa shape index (κ2) is 8.18. The number of benzene rings is 2. The molecule has 2 rings (SSSR count). The number of nitrogens with one attached hydrogen (secondary N) is 1. The van der Waals surface area contributed by atoms with Crippen LogP contribution in [0.4, 0.5) is 28.9 Å². The highest BCUT2D eigenvalue weighted by Gasteiger charge is 2.18. The molecule has 0 unspecified atom stereocenters. The van der Waals surface area contributed by atoms with Crippen molar-refractivity contribution in [2.24, 2.45) is 0 Å². The van der Waals surface area contributed by atoms with Crippen molar-refractivity contribution in [1.29, 1.82) is 0 Å². The number of carbonyl (C=O) groups excluding carboxylic acids is 2. The van der Waals surface area contributed by atoms with Gasteiger partial charge < -0.3 is 10.2 Å². The predicted octanol–water partition coefficient (Wildman–Crippen LogP) is 4.28. The first-order chi connectivity index (χ1) is 12.2. The van der Waals surface area contributed by atoms with E-state index in [9.17, 15) is 27.2 Å². The standard InChI is InChI=1S/C17H13ClF4N2O2/c1-9(25)24(10-2-3-12(19)11(18)8-10)7-6-15(26)23-14-5-4-13(20)16(21)17(14)22/h2-5,8H,6-7H2,1H3,(H,23,26). The molecule has 2 aromatic rings. The van der Waals surface area contributed by atoms with E-state index in [2.05, 4.69) is 5.32 Å². The number of carbonyl (C=O) groups is 2. The third-order valence-corrected chi connectivity index (χ3v) is 3.76. The molecule has 138 valence electrons. The van der Waals surface area contributed by atoms with Gasteiger partial charge in [-0.1, -0.05) is 11.6 Å². The van der Waals surface area contributed by atoms with Crippen LogP contribution in [0, 0.1) is 23.3 Å². The highest BCUT2D eigenvalue weighted by atomic mass is 35.5. The summed E-state index contributed by atoms with van der Waals surface area (Å²) in [5, 5.41) is 1.91. The lowest BCUT2D eigenvalue weighted by atomic mass is 10.2. The average Bonchev–Trinajstić information content (AvgIpc) is 2.58. The average molecular weight is 389 g/mol. The van der Waals surface area contributed by atoms with Gasteiger partial charge in [0.25, 0.3) is 0 Å². The van der Waals surface area contributed by atoms with Gasteiger partial charge in [-0.25, -0.2) is 17.6 Å². The summed E-state index contributed by atoms with van der Waals surface area (Å²) in [6.45, 7) is 1.12. The minimum Gasteiger partial charge on any atom is -0.323 e. The lowest BCUT2D eigenvalue weighted by Gasteiger charge is -2.21. The molecule has 9 heteroatoms. The van der Waals surface area contributed by atoms with Crippen LogP contribution in [0.3, 0.4) is 0 Å². The van der Waals surface area contributed by atoms with E-state index < -0.39 is 40.8 Å². The molecule has 0 spiro atoms. The Labute approximate surface area is 151 Å². The quantitative estimate of drug-likeness (QED) is 0.614. The summed E-state index contributed by atoms with van der Waals surface area (Å²) < 4.78 is 52.8. The molecule has 0 aromatic heterocycles. The molecule has 0 atom stereocenters. The van der Waals surface area contributed by atoms with Crippen molar-refractivity contribution in [2.75, 3.05) is 16.8 Å². The molecule has 0 fully saturated rings. The molecule has 1 N–H and O–H groups in total. The molecular weight excluding hydrogens is 376 g/mol. The van der Waals surface area contributed by atoms with Crippen LogP contribution in [0.15, 0.2) is 30.3 Å². The SMILES string of the molecule is CC(=O)N(CCC(=O)Nc1ccc(F)c(F)c1F)c1ccc(F)c(Cl)c1. The van der Waals surface area contributed by atoms with Gasteiger partial charge in [0.2, 0.25) is 11.8 Å². The van der Waals surface area contributed by atoms with E-state index in [0.717, 1.165) is 12.1 Å². The van der Waals surface area contributed by atoms with Gasteiger partial charge in [0.1, 0.15) is 5.82 Å². The number of hydrogen-bond donors (Lipinski definition) is 1. The van der Waals surface area contributed by atoms with Gasteiger partial charge >= 0.3 is 0 Å². The summed E-state index contributed by atoms with van der Waals surface area (Å²) in [5.41, 5.74) is -0.246. The van der Waals surface area contributed by atoms with Crippen molar-refractivity contribution in [1.82, 2.24) is 0 Å². The fraction of sp³-hybridized carbons (Fsp3) is 0.176. The number of anilines is 2. The topological polar surface area (TPSA) is 49.4 Å². The van der Waals surface area contributed by atoms with E-state index in [4.69, 9.17) is 11.6 Å². The van der Waals surface area contributed by atoms with Gasteiger partial charge in [0.05, 0.1) is 10.7 Å². The molecule has 2 amide bonds. The van der Waals surface area contributed by atoms with Crippen LogP contribution in [0.25, 0.3) is 0 Å². The van der Waals surface area contributed by atoms with Gasteiger partial charge in [-0.3, -0.25) is 9.59 Å². The lowest BCUT2D eigenvalue weighted by molar-refractivity contribution is -0.117. The minimum absolute atomic E-state index is 0.117. The van der Waals surface area contributed by atoms with E-state index in [1.807, 2.05) is 0 Å². The normalized spacial score (nSPS) is 10.5. The molecule has 26 heavy (non-hydrogen) atoms. The molecule has 0 heterocycles. The van der Waals surface area contributed by atoms with Gasteiger partial charge in [0, 0.05) is 25.6 Å². The second-order valence-electron chi connectivity index (χ2n) is 5.29. The fourth-order valence-corrected chi connectivity index (χ4v) is 2.34. The Kier molecular flexibility index (Phi) is 6.20. The summed E-state index contributed by atoms with van der Waals surface area (Å²) >= 11 is 5.68. The van der Waals surface area contributed by atoms with Crippen LogP contribution < -0.4 is 10.2 Å². The summed E-state index contributed by atoms with van der Waals surface area (Å²) in [6.07, 6.45) is -0.271. The molecule has 4 nitrogen and oxygen atoms in total. The summed E-state index contributed by atoms with van der Waals surface area (Å²) in [5.74, 6) is -6.42. The second-order valence-corrected chi connectivity index (χ2v) is 5.70. The van der Waals surface area contributed by atoms with Gasteiger partial charge in [-0.05, 0) is 30.3 Å². The molecule has 0 aliphatic rings. The molecule has 0 radical (unpaired) electrons. The van der Waals surface area contributed by atoms with Crippen LogP contribution in [0.5, 0.6) is 0 Å². The molecule has 2 aromatic carbocycles. The third-order valence-electron chi connectivity index (χ3n) is 3.47. The Hall–Kier alpha value is -2.61. The van der Waals surface area contributed by atoms with Crippen molar-refractivity contribution in [3.05, 3.63) is 58.6 Å². The number of amides is 2. The lowest BCUT2D eigenvalue weighted by Crippen LogP contribution is -2.32. The summed E-state index contributed by atoms with van der Waals surface area (Å²) in [4.78, 5) is 24.8. The summed E-state index contributed by atoms with van der Waals surface area (Å²) in [6, 6.07) is 5.18. The zero-order valence-electron chi connectivity index (χ0n) is 13.5. The minimum atomic E-state index is -1.70. The maximum absolute atomic E-state index is 13.6. The van der Waals surface area contributed by atoms with Crippen molar-refractivity contribution in [2.45, 2.75) is 13.3 Å². The van der Waals surface area contributed by atoms with Crippen molar-refractivity contribution in [3.63, 3.8) is 0 Å². The van der Waals surface area contributed by atoms with Crippen molar-refractivity contribution >= 4 is 34.8 Å². The molecule has 0 saturated carbocycles. The van der Waals surface area contributed by atoms with Crippen LogP contribution in [0.2, 0.25) is 5.02 Å². The smallest absolute Gasteiger partial charge is 0.226 e. The zero-order valence-corrected chi connectivity index (χ0v) is 14.2. The number of nitrogens with zero attached hydrogens (tertiary/aromatic N) is 1. The van der Waals surface area contributed by atoms with Crippen LogP contribution in [0.1, 0.15) is 13.3 Å². The molecular formula is C17H13ClF4N2O2. The van der Waals surface area contributed by atoms with Crippen molar-refractivity contribution < 1.29 is 27.2 Å². The highest BCUT2D eigenvalue weighted by Crippen LogP contribution is 2.23. The van der Waals surface area contributed by atoms with Crippen LogP contribution in [-0.2, 0) is 9.59 Å². The van der Waals surface area contributed by atoms with E-state index >= 15 is 0 Å². The van der Waals surface area contributed by atoms with Gasteiger partial charge in [0.15, 0.2) is 17.5 Å². The highest BCUT2D eigenvalue weighted by molar-refractivity contribution is 6.31. The van der Waals surface area contributed by atoms with E-state index in [-0.39, 0.29) is 23.7 Å². The Morgan fingerprint density at radius 3 is 2.31 bits per heavy atom. The summed E-state index contributed by atoms with van der Waals surface area (Å²) in [7, 11) is 0. The van der Waals surface area contributed by atoms with Crippen LogP contribution >= 0.6 is 11.6 Å². The number of rotatable bonds is 5. The maximum atomic E-state index is 13.6. The largest absolute Gasteiger partial charge is 0.323 e. The first kappa shape index (κ1) is 19.7. The fourth-order valence-electron chi connectivity index (χ4n) is 2.17. The van der Waals surface area contributed by atoms with E-state index in [0.29, 0.717) is 6.07 Å². The Bertz CT molecular complexity index is 861. The maximum Gasteiger partial charge on any atom is 0.226 e. The van der Waals surface area contributed by atoms with Gasteiger partial charge in [-0.15, -0.1) is 0 Å². The van der Waals surface area contributed by atoms with Crippen molar-refractivity contribution in [3.8, 4) is 0 Å². The number of hydrogen-bond acceptors (Lipinski definition) is 2. The number of halogens is 5. The first-order valence-electron chi connectivity index (χ1n) is 7.37. The van der Waals surface area contributed by atoms with Gasteiger partial charge in [-0.2, -0.15) is 0 Å². The zero-order chi connectivity index (χ0) is 19.4. The molecule has 0 bridgehead atoms. The Morgan fingerprint density at radius 2 is 1.69 bits per heavy atom. The predicted molar refractivity (Wildman–Crippen MR) is 89.0 cm³/mol. The first-order valence-corrected chi connectivity index (χ1v) is 7.75.